The first-order valence-electron chi connectivity index (χ1n) is 5.74. The first-order chi connectivity index (χ1) is 8.83. The van der Waals surface area contributed by atoms with Crippen LogP contribution in [0.15, 0.2) is 41.7 Å². The smallest absolute Gasteiger partial charge is 0.269 e. The van der Waals surface area contributed by atoms with E-state index < -0.39 is 22.8 Å². The van der Waals surface area contributed by atoms with Crippen LogP contribution in [0, 0.1) is 11.3 Å². The summed E-state index contributed by atoms with van der Waals surface area (Å²) in [5.74, 6) is -1.13. The highest BCUT2D eigenvalue weighted by Gasteiger charge is 2.21. The molecule has 0 saturated carbocycles. The maximum absolute atomic E-state index is 11.8. The van der Waals surface area contributed by atoms with E-state index in [9.17, 15) is 15.0 Å². The van der Waals surface area contributed by atoms with E-state index in [0.717, 1.165) is 0 Å². The summed E-state index contributed by atoms with van der Waals surface area (Å²) in [6, 6.07) is 10.3. The monoisotopic (exact) mass is 260 g/mol. The van der Waals surface area contributed by atoms with E-state index in [-0.39, 0.29) is 6.42 Å². The number of benzene rings is 1. The van der Waals surface area contributed by atoms with Crippen LogP contribution in [-0.2, 0) is 4.79 Å². The first kappa shape index (κ1) is 14.7. The topological polar surface area (TPSA) is 93.3 Å². The quantitative estimate of drug-likeness (QED) is 0.439. The molecule has 3 N–H and O–H groups in total. The van der Waals surface area contributed by atoms with Gasteiger partial charge in [-0.25, -0.2) is 0 Å². The number of para-hydroxylation sites is 1. The SMILES string of the molecule is CC(C)(O)C/C(O)=C(/C#N)C(=O)Nc1ccccc1. The Kier molecular flexibility index (Phi) is 4.67. The van der Waals surface area contributed by atoms with Crippen LogP contribution in [0.1, 0.15) is 20.3 Å². The van der Waals surface area contributed by atoms with Crippen molar-refractivity contribution in [2.45, 2.75) is 25.9 Å². The van der Waals surface area contributed by atoms with Gasteiger partial charge in [-0.05, 0) is 26.0 Å². The Morgan fingerprint density at radius 2 is 1.95 bits per heavy atom. The number of nitriles is 1. The molecule has 1 aromatic carbocycles. The number of hydrogen-bond acceptors (Lipinski definition) is 4. The van der Waals surface area contributed by atoms with Gasteiger partial charge >= 0.3 is 0 Å². The molecule has 100 valence electrons. The Hall–Kier alpha value is -2.32. The normalized spacial score (nSPS) is 12.3. The summed E-state index contributed by atoms with van der Waals surface area (Å²) in [5.41, 5.74) is -1.07. The Morgan fingerprint density at radius 1 is 1.37 bits per heavy atom. The number of anilines is 1. The average molecular weight is 260 g/mol. The van der Waals surface area contributed by atoms with Crippen molar-refractivity contribution in [2.75, 3.05) is 5.32 Å². The van der Waals surface area contributed by atoms with Gasteiger partial charge in [0.05, 0.1) is 5.60 Å². The molecule has 1 rings (SSSR count). The average Bonchev–Trinajstić information content (AvgIpc) is 2.28. The van der Waals surface area contributed by atoms with Gasteiger partial charge < -0.3 is 15.5 Å². The van der Waals surface area contributed by atoms with Crippen molar-refractivity contribution in [3.63, 3.8) is 0 Å². The van der Waals surface area contributed by atoms with Crippen molar-refractivity contribution in [3.8, 4) is 6.07 Å². The second kappa shape index (κ2) is 6.03. The lowest BCUT2D eigenvalue weighted by Gasteiger charge is -2.16. The Labute approximate surface area is 111 Å². The number of carbonyl (C=O) groups excluding carboxylic acids is 1. The highest BCUT2D eigenvalue weighted by molar-refractivity contribution is 6.06. The number of aliphatic hydroxyl groups is 2. The van der Waals surface area contributed by atoms with Gasteiger partial charge in [0.25, 0.3) is 5.91 Å². The highest BCUT2D eigenvalue weighted by Crippen LogP contribution is 2.17. The zero-order valence-corrected chi connectivity index (χ0v) is 10.8. The number of nitrogens with zero attached hydrogens (tertiary/aromatic N) is 1. The van der Waals surface area contributed by atoms with E-state index in [0.29, 0.717) is 5.69 Å². The van der Waals surface area contributed by atoms with E-state index in [1.165, 1.54) is 13.8 Å². The lowest BCUT2D eigenvalue weighted by molar-refractivity contribution is -0.112. The summed E-state index contributed by atoms with van der Waals surface area (Å²) in [7, 11) is 0. The van der Waals surface area contributed by atoms with Crippen LogP contribution in [0.4, 0.5) is 5.69 Å². The largest absolute Gasteiger partial charge is 0.511 e. The summed E-state index contributed by atoms with van der Waals surface area (Å²) in [6.07, 6.45) is -0.169. The molecule has 1 amide bonds. The molecule has 19 heavy (non-hydrogen) atoms. The molecular weight excluding hydrogens is 244 g/mol. The number of carbonyl (C=O) groups is 1. The summed E-state index contributed by atoms with van der Waals surface area (Å²) < 4.78 is 0. The maximum Gasteiger partial charge on any atom is 0.269 e. The lowest BCUT2D eigenvalue weighted by atomic mass is 10.0. The number of hydrogen-bond donors (Lipinski definition) is 3. The fourth-order valence-corrected chi connectivity index (χ4v) is 1.46. The molecule has 0 spiro atoms. The van der Waals surface area contributed by atoms with E-state index in [4.69, 9.17) is 5.26 Å². The molecule has 0 aliphatic heterocycles. The molecule has 5 heteroatoms. The molecule has 0 aliphatic carbocycles. The van der Waals surface area contributed by atoms with Crippen molar-refractivity contribution < 1.29 is 15.0 Å². The van der Waals surface area contributed by atoms with Gasteiger partial charge in [-0.3, -0.25) is 4.79 Å². The number of amides is 1. The van der Waals surface area contributed by atoms with Crippen LogP contribution in [0.5, 0.6) is 0 Å². The summed E-state index contributed by atoms with van der Waals surface area (Å²) in [4.78, 5) is 11.8. The van der Waals surface area contributed by atoms with E-state index in [2.05, 4.69) is 5.32 Å². The summed E-state index contributed by atoms with van der Waals surface area (Å²) >= 11 is 0. The molecule has 0 atom stereocenters. The predicted molar refractivity (Wildman–Crippen MR) is 71.3 cm³/mol. The molecule has 0 saturated heterocycles. The number of rotatable bonds is 4. The number of nitrogens with one attached hydrogen (secondary N) is 1. The maximum atomic E-state index is 11.8. The van der Waals surface area contributed by atoms with Crippen LogP contribution in [0.25, 0.3) is 0 Å². The zero-order chi connectivity index (χ0) is 14.5. The lowest BCUT2D eigenvalue weighted by Crippen LogP contribution is -2.22. The van der Waals surface area contributed by atoms with Crippen LogP contribution in [0.2, 0.25) is 0 Å². The van der Waals surface area contributed by atoms with Crippen molar-refractivity contribution in [1.29, 1.82) is 5.26 Å². The molecule has 0 aromatic heterocycles. The molecule has 0 aliphatic rings. The van der Waals surface area contributed by atoms with Crippen LogP contribution in [-0.4, -0.2) is 21.7 Å². The third-order valence-corrected chi connectivity index (χ3v) is 2.26. The Balaban J connectivity index is 2.89. The Bertz CT molecular complexity index is 522. The Morgan fingerprint density at radius 3 is 2.42 bits per heavy atom. The van der Waals surface area contributed by atoms with Gasteiger partial charge in [0, 0.05) is 12.1 Å². The third kappa shape index (κ3) is 4.82. The first-order valence-corrected chi connectivity index (χ1v) is 5.74. The summed E-state index contributed by atoms with van der Waals surface area (Å²) in [5, 5.41) is 30.7. The van der Waals surface area contributed by atoms with Crippen LogP contribution in [0.3, 0.4) is 0 Å². The molecule has 0 unspecified atom stereocenters. The fraction of sp³-hybridized carbons (Fsp3) is 0.286. The minimum Gasteiger partial charge on any atom is -0.511 e. The van der Waals surface area contributed by atoms with E-state index >= 15 is 0 Å². The van der Waals surface area contributed by atoms with Gasteiger partial charge in [-0.2, -0.15) is 5.26 Å². The standard InChI is InChI=1S/C14H16N2O3/c1-14(2,19)8-12(17)11(9-15)13(18)16-10-6-4-3-5-7-10/h3-7,17,19H,8H2,1-2H3,(H,16,18)/b12-11+. The molecule has 0 radical (unpaired) electrons. The third-order valence-electron chi connectivity index (χ3n) is 2.26. The van der Waals surface area contributed by atoms with Gasteiger partial charge in [-0.1, -0.05) is 18.2 Å². The molecule has 1 aromatic rings. The van der Waals surface area contributed by atoms with Gasteiger partial charge in [0.2, 0.25) is 0 Å². The predicted octanol–water partition coefficient (Wildman–Crippen LogP) is 2.12. The van der Waals surface area contributed by atoms with Gasteiger partial charge in [0.1, 0.15) is 11.8 Å². The van der Waals surface area contributed by atoms with Crippen molar-refractivity contribution >= 4 is 11.6 Å². The zero-order valence-electron chi connectivity index (χ0n) is 10.8. The molecule has 0 fully saturated rings. The minimum atomic E-state index is -1.20. The van der Waals surface area contributed by atoms with Crippen LogP contribution < -0.4 is 5.32 Å². The molecule has 5 nitrogen and oxygen atoms in total. The summed E-state index contributed by atoms with van der Waals surface area (Å²) in [6.45, 7) is 2.96. The second-order valence-electron chi connectivity index (χ2n) is 4.74. The molecular formula is C14H16N2O3. The fourth-order valence-electron chi connectivity index (χ4n) is 1.46. The molecule has 0 heterocycles. The van der Waals surface area contributed by atoms with Crippen LogP contribution >= 0.6 is 0 Å². The molecule has 0 bridgehead atoms. The second-order valence-corrected chi connectivity index (χ2v) is 4.74. The highest BCUT2D eigenvalue weighted by atomic mass is 16.3. The van der Waals surface area contributed by atoms with Crippen molar-refractivity contribution in [3.05, 3.63) is 41.7 Å². The van der Waals surface area contributed by atoms with Gasteiger partial charge in [-0.15, -0.1) is 0 Å². The van der Waals surface area contributed by atoms with Gasteiger partial charge in [0.15, 0.2) is 5.57 Å². The van der Waals surface area contributed by atoms with Crippen molar-refractivity contribution in [1.82, 2.24) is 0 Å². The van der Waals surface area contributed by atoms with E-state index in [1.807, 2.05) is 0 Å². The van der Waals surface area contributed by atoms with Crippen molar-refractivity contribution in [2.24, 2.45) is 0 Å². The van der Waals surface area contributed by atoms with E-state index in [1.54, 1.807) is 36.4 Å². The minimum absolute atomic E-state index is 0.169. The number of aliphatic hydroxyl groups excluding tert-OH is 1.